The molecule has 0 amide bonds. The van der Waals surface area contributed by atoms with Crippen LogP contribution in [-0.2, 0) is 22.4 Å². The van der Waals surface area contributed by atoms with E-state index in [1.807, 2.05) is 32.9 Å². The van der Waals surface area contributed by atoms with Gasteiger partial charge in [-0.25, -0.2) is 0 Å². The largest absolute Gasteiger partial charge is 0.496 e. The minimum Gasteiger partial charge on any atom is -0.496 e. The highest BCUT2D eigenvalue weighted by molar-refractivity contribution is 5.89. The Labute approximate surface area is 208 Å². The van der Waals surface area contributed by atoms with Gasteiger partial charge in [0.25, 0.3) is 0 Å². The fourth-order valence-electron chi connectivity index (χ4n) is 4.65. The van der Waals surface area contributed by atoms with E-state index in [0.29, 0.717) is 41.6 Å². The molecule has 1 atom stereocenters. The van der Waals surface area contributed by atoms with Gasteiger partial charge in [0.05, 0.1) is 40.0 Å². The van der Waals surface area contributed by atoms with Crippen LogP contribution >= 0.6 is 0 Å². The van der Waals surface area contributed by atoms with Crippen molar-refractivity contribution in [3.8, 4) is 39.9 Å². The molecule has 0 fully saturated rings. The highest BCUT2D eigenvalue weighted by Gasteiger charge is 2.36. The fraction of sp³-hybridized carbons (Fsp3) is 0.536. The second-order valence-electron chi connectivity index (χ2n) is 9.69. The van der Waals surface area contributed by atoms with Gasteiger partial charge < -0.3 is 28.4 Å². The Bertz CT molecular complexity index is 1080. The third kappa shape index (κ3) is 4.92. The number of benzene rings is 2. The highest BCUT2D eigenvalue weighted by atomic mass is 16.5. The predicted octanol–water partition coefficient (Wildman–Crippen LogP) is 5.93. The molecule has 1 aliphatic rings. The molecule has 0 saturated carbocycles. The van der Waals surface area contributed by atoms with E-state index in [-0.39, 0.29) is 12.1 Å². The van der Waals surface area contributed by atoms with Gasteiger partial charge in [-0.1, -0.05) is 13.3 Å². The summed E-state index contributed by atoms with van der Waals surface area (Å²) >= 11 is 0. The molecule has 0 aromatic heterocycles. The van der Waals surface area contributed by atoms with E-state index in [1.54, 1.807) is 35.5 Å². The van der Waals surface area contributed by atoms with E-state index in [1.165, 1.54) is 0 Å². The highest BCUT2D eigenvalue weighted by Crippen LogP contribution is 2.56. The number of rotatable bonds is 8. The fourth-order valence-corrected chi connectivity index (χ4v) is 4.65. The zero-order valence-electron chi connectivity index (χ0n) is 22.4. The van der Waals surface area contributed by atoms with Gasteiger partial charge in [-0.3, -0.25) is 4.79 Å². The van der Waals surface area contributed by atoms with Crippen molar-refractivity contribution in [2.24, 2.45) is 5.41 Å². The summed E-state index contributed by atoms with van der Waals surface area (Å²) in [5, 5.41) is 0. The molecule has 7 heteroatoms. The van der Waals surface area contributed by atoms with Gasteiger partial charge >= 0.3 is 5.97 Å². The molecule has 0 heterocycles. The molecule has 0 aliphatic heterocycles. The van der Waals surface area contributed by atoms with Crippen molar-refractivity contribution >= 4 is 5.97 Å². The Balaban J connectivity index is 2.50. The molecular weight excluding hydrogens is 448 g/mol. The Morgan fingerprint density at radius 2 is 1.54 bits per heavy atom. The van der Waals surface area contributed by atoms with Crippen molar-refractivity contribution in [2.45, 2.75) is 59.5 Å². The maximum Gasteiger partial charge on any atom is 0.316 e. The summed E-state index contributed by atoms with van der Waals surface area (Å²) in [6.07, 6.45) is 2.68. The number of fused-ring (bicyclic) bond motifs is 3. The third-order valence-corrected chi connectivity index (χ3v) is 6.34. The van der Waals surface area contributed by atoms with Crippen LogP contribution in [0, 0.1) is 5.41 Å². The van der Waals surface area contributed by atoms with Gasteiger partial charge in [-0.05, 0) is 63.3 Å². The van der Waals surface area contributed by atoms with E-state index in [0.717, 1.165) is 40.7 Å². The Hall–Kier alpha value is -2.93. The van der Waals surface area contributed by atoms with Crippen LogP contribution in [0.2, 0.25) is 0 Å². The second kappa shape index (κ2) is 10.8. The topological polar surface area (TPSA) is 72.5 Å². The number of carbonyl (C=O) groups excluding carboxylic acids is 1. The first kappa shape index (κ1) is 26.7. The number of ether oxygens (including phenoxy) is 6. The molecule has 0 saturated heterocycles. The van der Waals surface area contributed by atoms with Crippen LogP contribution in [0.25, 0.3) is 11.1 Å². The van der Waals surface area contributed by atoms with E-state index in [4.69, 9.17) is 28.4 Å². The summed E-state index contributed by atoms with van der Waals surface area (Å²) in [5.74, 6) is 2.51. The first-order valence-corrected chi connectivity index (χ1v) is 12.0. The van der Waals surface area contributed by atoms with Gasteiger partial charge in [0.2, 0.25) is 5.75 Å². The normalized spacial score (nSPS) is 14.9. The first-order chi connectivity index (χ1) is 16.7. The molecule has 1 unspecified atom stereocenters. The lowest BCUT2D eigenvalue weighted by atomic mass is 9.89. The van der Waals surface area contributed by atoms with E-state index in [9.17, 15) is 4.79 Å². The number of aryl methyl sites for hydroxylation is 2. The van der Waals surface area contributed by atoms with Crippen molar-refractivity contribution in [1.82, 2.24) is 0 Å². The summed E-state index contributed by atoms with van der Waals surface area (Å²) in [6.45, 7) is 7.63. The number of esters is 1. The first-order valence-electron chi connectivity index (χ1n) is 12.0. The van der Waals surface area contributed by atoms with Crippen LogP contribution < -0.4 is 23.7 Å². The Morgan fingerprint density at radius 1 is 0.886 bits per heavy atom. The van der Waals surface area contributed by atoms with Crippen LogP contribution in [0.15, 0.2) is 12.1 Å². The Morgan fingerprint density at radius 3 is 2.06 bits per heavy atom. The smallest absolute Gasteiger partial charge is 0.316 e. The predicted molar refractivity (Wildman–Crippen MR) is 135 cm³/mol. The molecule has 2 aromatic carbocycles. The lowest BCUT2D eigenvalue weighted by Gasteiger charge is -2.27. The lowest BCUT2D eigenvalue weighted by Crippen LogP contribution is -2.26. The maximum absolute atomic E-state index is 13.0. The van der Waals surface area contributed by atoms with E-state index in [2.05, 4.69) is 6.92 Å². The molecule has 1 aliphatic carbocycles. The van der Waals surface area contributed by atoms with Crippen LogP contribution in [0.5, 0.6) is 28.7 Å². The minimum absolute atomic E-state index is 0.314. The summed E-state index contributed by atoms with van der Waals surface area (Å²) in [7, 11) is 8.14. The second-order valence-corrected chi connectivity index (χ2v) is 9.69. The number of carbonyl (C=O) groups is 1. The van der Waals surface area contributed by atoms with Crippen molar-refractivity contribution in [2.75, 3.05) is 35.5 Å². The molecule has 2 aromatic rings. The van der Waals surface area contributed by atoms with Gasteiger partial charge in [0.1, 0.15) is 11.5 Å². The maximum atomic E-state index is 13.0. The Kier molecular flexibility index (Phi) is 8.21. The van der Waals surface area contributed by atoms with Crippen LogP contribution in [0.4, 0.5) is 0 Å². The zero-order chi connectivity index (χ0) is 25.9. The summed E-state index contributed by atoms with van der Waals surface area (Å²) < 4.78 is 35.3. The molecule has 192 valence electrons. The van der Waals surface area contributed by atoms with Gasteiger partial charge in [-0.15, -0.1) is 0 Å². The lowest BCUT2D eigenvalue weighted by molar-refractivity contribution is -0.143. The van der Waals surface area contributed by atoms with Crippen LogP contribution in [-0.4, -0.2) is 41.5 Å². The molecule has 0 radical (unpaired) electrons. The molecule has 0 bridgehead atoms. The quantitative estimate of drug-likeness (QED) is 0.338. The van der Waals surface area contributed by atoms with Crippen LogP contribution in [0.3, 0.4) is 0 Å². The molecule has 7 nitrogen and oxygen atoms in total. The van der Waals surface area contributed by atoms with E-state index >= 15 is 0 Å². The van der Waals surface area contributed by atoms with Crippen molar-refractivity contribution in [1.29, 1.82) is 0 Å². The van der Waals surface area contributed by atoms with Gasteiger partial charge in [-0.2, -0.15) is 0 Å². The van der Waals surface area contributed by atoms with E-state index < -0.39 is 5.41 Å². The standard InChI is InChI=1S/C28H38O7/c1-10-11-17-15-19(35-27(29)28(2,3)4)22-18(30-5)13-12-16-14-20(31-6)25(33-8)26(34-9)21(16)23(22)24(17)32-7/h14-15,18H,10-13H2,1-9H3. The van der Waals surface area contributed by atoms with Gasteiger partial charge in [0, 0.05) is 23.8 Å². The SMILES string of the molecule is CCCc1cc(OC(=O)C(C)(C)C)c2c(c1OC)-c1c(cc(OC)c(OC)c1OC)CCC2OC. The molecule has 0 N–H and O–H groups in total. The number of hydrogen-bond donors (Lipinski definition) is 0. The zero-order valence-corrected chi connectivity index (χ0v) is 22.4. The van der Waals surface area contributed by atoms with Crippen molar-refractivity contribution in [3.63, 3.8) is 0 Å². The molecular formula is C28H38O7. The number of methoxy groups -OCH3 is 5. The third-order valence-electron chi connectivity index (χ3n) is 6.34. The number of hydrogen-bond acceptors (Lipinski definition) is 7. The molecule has 35 heavy (non-hydrogen) atoms. The summed E-state index contributed by atoms with van der Waals surface area (Å²) in [5.41, 5.74) is 3.70. The average molecular weight is 487 g/mol. The van der Waals surface area contributed by atoms with Gasteiger partial charge in [0.15, 0.2) is 11.5 Å². The van der Waals surface area contributed by atoms with Crippen molar-refractivity contribution < 1.29 is 33.2 Å². The summed E-state index contributed by atoms with van der Waals surface area (Å²) in [4.78, 5) is 13.0. The minimum atomic E-state index is -0.669. The molecule has 0 spiro atoms. The monoisotopic (exact) mass is 486 g/mol. The molecule has 3 rings (SSSR count). The summed E-state index contributed by atoms with van der Waals surface area (Å²) in [6, 6.07) is 3.90. The average Bonchev–Trinajstić information content (AvgIpc) is 2.99. The van der Waals surface area contributed by atoms with Crippen LogP contribution in [0.1, 0.15) is 63.3 Å². The van der Waals surface area contributed by atoms with Crippen molar-refractivity contribution in [3.05, 3.63) is 28.8 Å².